The average molecular weight is 427 g/mol. The minimum atomic E-state index is -4.50. The molecule has 0 bridgehead atoms. The van der Waals surface area contributed by atoms with E-state index in [1.807, 2.05) is 4.90 Å². The molecule has 0 N–H and O–H groups in total. The van der Waals surface area contributed by atoms with Crippen molar-refractivity contribution in [2.75, 3.05) is 18.0 Å². The highest BCUT2D eigenvalue weighted by Gasteiger charge is 2.33. The number of hydrogen-bond acceptors (Lipinski definition) is 5. The molecule has 0 spiro atoms. The Morgan fingerprint density at radius 2 is 2.03 bits per heavy atom. The largest absolute Gasteiger partial charge is 0.417 e. The summed E-state index contributed by atoms with van der Waals surface area (Å²) in [6, 6.07) is 6.75. The van der Waals surface area contributed by atoms with Crippen molar-refractivity contribution in [2.45, 2.75) is 24.9 Å². The van der Waals surface area contributed by atoms with Crippen LogP contribution in [0.3, 0.4) is 0 Å². The molecule has 1 atom stereocenters. The first-order chi connectivity index (χ1) is 13.8. The van der Waals surface area contributed by atoms with E-state index >= 15 is 0 Å². The van der Waals surface area contributed by atoms with Gasteiger partial charge < -0.3 is 9.42 Å². The Morgan fingerprint density at radius 1 is 1.21 bits per heavy atom. The molecule has 1 fully saturated rings. The second kappa shape index (κ2) is 7.62. The van der Waals surface area contributed by atoms with Crippen LogP contribution in [0.2, 0.25) is 5.02 Å². The highest BCUT2D eigenvalue weighted by Crippen LogP contribution is 2.36. The molecule has 5 nitrogen and oxygen atoms in total. The van der Waals surface area contributed by atoms with Crippen LogP contribution < -0.4 is 4.90 Å². The van der Waals surface area contributed by atoms with Gasteiger partial charge in [-0.05, 0) is 31.0 Å². The van der Waals surface area contributed by atoms with E-state index in [-0.39, 0.29) is 22.6 Å². The van der Waals surface area contributed by atoms with Crippen molar-refractivity contribution in [2.24, 2.45) is 0 Å². The van der Waals surface area contributed by atoms with Gasteiger partial charge in [0.2, 0.25) is 11.7 Å². The molecule has 10 heteroatoms. The number of aromatic nitrogens is 3. The van der Waals surface area contributed by atoms with Gasteiger partial charge in [0.25, 0.3) is 0 Å². The van der Waals surface area contributed by atoms with E-state index in [9.17, 15) is 17.6 Å². The fourth-order valence-electron chi connectivity index (χ4n) is 3.34. The Bertz CT molecular complexity index is 1020. The second-order valence-corrected chi connectivity index (χ2v) is 7.19. The van der Waals surface area contributed by atoms with Crippen molar-refractivity contribution in [1.29, 1.82) is 0 Å². The lowest BCUT2D eigenvalue weighted by atomic mass is 9.98. The normalized spacial score (nSPS) is 17.6. The number of benzene rings is 1. The zero-order valence-corrected chi connectivity index (χ0v) is 15.7. The number of rotatable bonds is 3. The number of piperidine rings is 1. The van der Waals surface area contributed by atoms with Gasteiger partial charge in [-0.3, -0.25) is 0 Å². The summed E-state index contributed by atoms with van der Waals surface area (Å²) in [5.74, 6) is 0.410. The molecule has 3 heterocycles. The molecule has 0 aliphatic carbocycles. The van der Waals surface area contributed by atoms with Gasteiger partial charge in [-0.15, -0.1) is 0 Å². The van der Waals surface area contributed by atoms with Gasteiger partial charge in [-0.1, -0.05) is 28.9 Å². The minimum absolute atomic E-state index is 0.0635. The average Bonchev–Trinajstić information content (AvgIpc) is 3.18. The van der Waals surface area contributed by atoms with Crippen molar-refractivity contribution < 1.29 is 22.1 Å². The highest BCUT2D eigenvalue weighted by molar-refractivity contribution is 6.33. The van der Waals surface area contributed by atoms with Crippen LogP contribution in [0.25, 0.3) is 11.4 Å². The van der Waals surface area contributed by atoms with Crippen molar-refractivity contribution in [3.8, 4) is 11.4 Å². The predicted octanol–water partition coefficient (Wildman–Crippen LogP) is 5.33. The van der Waals surface area contributed by atoms with Crippen molar-refractivity contribution in [1.82, 2.24) is 15.1 Å². The predicted molar refractivity (Wildman–Crippen MR) is 98.1 cm³/mol. The quantitative estimate of drug-likeness (QED) is 0.530. The van der Waals surface area contributed by atoms with Crippen molar-refractivity contribution in [3.63, 3.8) is 0 Å². The summed E-state index contributed by atoms with van der Waals surface area (Å²) in [6.07, 6.45) is -2.21. The maximum absolute atomic E-state index is 13.4. The third-order valence-corrected chi connectivity index (χ3v) is 5.02. The van der Waals surface area contributed by atoms with E-state index in [2.05, 4.69) is 15.1 Å². The molecule has 1 aromatic carbocycles. The Labute approximate surface area is 168 Å². The van der Waals surface area contributed by atoms with Crippen LogP contribution >= 0.6 is 11.6 Å². The van der Waals surface area contributed by atoms with E-state index < -0.39 is 17.6 Å². The molecule has 1 saturated heterocycles. The lowest BCUT2D eigenvalue weighted by Gasteiger charge is -2.32. The van der Waals surface area contributed by atoms with E-state index in [1.165, 1.54) is 12.1 Å². The van der Waals surface area contributed by atoms with E-state index in [0.29, 0.717) is 24.5 Å². The topological polar surface area (TPSA) is 55.1 Å². The number of halogens is 5. The fraction of sp³-hybridized carbons (Fsp3) is 0.316. The van der Waals surface area contributed by atoms with Gasteiger partial charge in [-0.25, -0.2) is 9.37 Å². The maximum Gasteiger partial charge on any atom is 0.417 e. The molecule has 4 rings (SSSR count). The van der Waals surface area contributed by atoms with Crippen LogP contribution in [0, 0.1) is 5.82 Å². The van der Waals surface area contributed by atoms with E-state index in [0.717, 1.165) is 25.1 Å². The smallest absolute Gasteiger partial charge is 0.355 e. The first kappa shape index (κ1) is 19.6. The maximum atomic E-state index is 13.4. The molecule has 2 aromatic heterocycles. The Kier molecular flexibility index (Phi) is 5.16. The van der Waals surface area contributed by atoms with Crippen LogP contribution in [0.1, 0.15) is 30.2 Å². The summed E-state index contributed by atoms with van der Waals surface area (Å²) in [7, 11) is 0. The Morgan fingerprint density at radius 3 is 2.76 bits per heavy atom. The molecule has 0 amide bonds. The summed E-state index contributed by atoms with van der Waals surface area (Å²) >= 11 is 6.07. The van der Waals surface area contributed by atoms with Gasteiger partial charge >= 0.3 is 6.18 Å². The Balaban J connectivity index is 1.54. The molecule has 152 valence electrons. The summed E-state index contributed by atoms with van der Waals surface area (Å²) < 4.78 is 57.3. The molecule has 29 heavy (non-hydrogen) atoms. The number of anilines is 1. The van der Waals surface area contributed by atoms with Gasteiger partial charge in [0.15, 0.2) is 0 Å². The molecule has 0 saturated carbocycles. The van der Waals surface area contributed by atoms with Gasteiger partial charge in [0.1, 0.15) is 11.6 Å². The first-order valence-corrected chi connectivity index (χ1v) is 9.26. The number of hydrogen-bond donors (Lipinski definition) is 0. The third kappa shape index (κ3) is 4.19. The zero-order chi connectivity index (χ0) is 20.6. The lowest BCUT2D eigenvalue weighted by Crippen LogP contribution is -2.35. The number of nitrogens with zero attached hydrogens (tertiary/aromatic N) is 4. The van der Waals surface area contributed by atoms with Crippen molar-refractivity contribution >= 4 is 17.4 Å². The summed E-state index contributed by atoms with van der Waals surface area (Å²) in [6.45, 7) is 1.02. The molecule has 1 aliphatic heterocycles. The van der Waals surface area contributed by atoms with Crippen LogP contribution in [-0.4, -0.2) is 28.2 Å². The summed E-state index contributed by atoms with van der Waals surface area (Å²) in [5.41, 5.74) is -0.392. The van der Waals surface area contributed by atoms with Gasteiger partial charge in [0, 0.05) is 24.8 Å². The van der Waals surface area contributed by atoms with Crippen LogP contribution in [0.5, 0.6) is 0 Å². The molecule has 3 aromatic rings. The van der Waals surface area contributed by atoms with Crippen LogP contribution in [0.15, 0.2) is 41.1 Å². The highest BCUT2D eigenvalue weighted by atomic mass is 35.5. The molecular weight excluding hydrogens is 412 g/mol. The van der Waals surface area contributed by atoms with Crippen LogP contribution in [-0.2, 0) is 6.18 Å². The number of pyridine rings is 1. The van der Waals surface area contributed by atoms with Crippen LogP contribution in [0.4, 0.5) is 23.4 Å². The molecule has 0 unspecified atom stereocenters. The fourth-order valence-corrected chi connectivity index (χ4v) is 3.62. The molecule has 1 aliphatic rings. The Hall–Kier alpha value is -2.68. The lowest BCUT2D eigenvalue weighted by molar-refractivity contribution is -0.137. The van der Waals surface area contributed by atoms with Gasteiger partial charge in [0.05, 0.1) is 16.5 Å². The zero-order valence-electron chi connectivity index (χ0n) is 15.0. The van der Waals surface area contributed by atoms with Crippen molar-refractivity contribution in [3.05, 3.63) is 58.8 Å². The SMILES string of the molecule is Fc1cccc(-c2noc([C@@H]3CCCN(c4ncc(C(F)(F)F)cc4Cl)C3)n2)c1. The van der Waals surface area contributed by atoms with Gasteiger partial charge in [-0.2, -0.15) is 18.2 Å². The molecule has 0 radical (unpaired) electrons. The standard InChI is InChI=1S/C19H15ClF4N4O/c20-15-8-13(19(22,23)24)9-25-17(15)28-6-2-4-12(10-28)18-26-16(27-29-18)11-3-1-5-14(21)7-11/h1,3,5,7-9,12H,2,4,6,10H2/t12-/m1/s1. The molecular formula is C19H15ClF4N4O. The minimum Gasteiger partial charge on any atom is -0.355 e. The third-order valence-electron chi connectivity index (χ3n) is 4.74. The number of alkyl halides is 3. The first-order valence-electron chi connectivity index (χ1n) is 8.88. The summed E-state index contributed by atoms with van der Waals surface area (Å²) in [5, 5.41) is 3.86. The van der Waals surface area contributed by atoms with E-state index in [1.54, 1.807) is 12.1 Å². The summed E-state index contributed by atoms with van der Waals surface area (Å²) in [4.78, 5) is 10.1. The van der Waals surface area contributed by atoms with E-state index in [4.69, 9.17) is 16.1 Å². The monoisotopic (exact) mass is 426 g/mol. The second-order valence-electron chi connectivity index (χ2n) is 6.78.